The minimum Gasteiger partial charge on any atom is -0.394 e. The van der Waals surface area contributed by atoms with E-state index in [1.54, 1.807) is 0 Å². The Kier molecular flexibility index (Phi) is 5.63. The van der Waals surface area contributed by atoms with Crippen LogP contribution in [0.15, 0.2) is 0 Å². The van der Waals surface area contributed by atoms with Gasteiger partial charge in [0.2, 0.25) is 5.91 Å². The Bertz CT molecular complexity index is 353. The lowest BCUT2D eigenvalue weighted by Gasteiger charge is -2.42. The smallest absolute Gasteiger partial charge is 0.223 e. The van der Waals surface area contributed by atoms with Crippen LogP contribution in [0.3, 0.4) is 0 Å². The van der Waals surface area contributed by atoms with Gasteiger partial charge in [0.1, 0.15) is 0 Å². The van der Waals surface area contributed by atoms with Gasteiger partial charge in [-0.15, -0.1) is 0 Å². The van der Waals surface area contributed by atoms with Crippen LogP contribution in [0.25, 0.3) is 0 Å². The van der Waals surface area contributed by atoms with Gasteiger partial charge in [0.25, 0.3) is 0 Å². The number of morpholine rings is 1. The van der Waals surface area contributed by atoms with E-state index in [9.17, 15) is 9.90 Å². The van der Waals surface area contributed by atoms with Crippen molar-refractivity contribution in [2.45, 2.75) is 51.7 Å². The summed E-state index contributed by atoms with van der Waals surface area (Å²) in [5.74, 6) is 1.21. The fraction of sp³-hybridized carbons (Fsp3) is 0.938. The number of carbonyl (C=O) groups is 1. The molecule has 2 N–H and O–H groups in total. The van der Waals surface area contributed by atoms with Gasteiger partial charge in [-0.1, -0.05) is 6.92 Å². The van der Waals surface area contributed by atoms with E-state index in [0.717, 1.165) is 13.1 Å². The zero-order valence-corrected chi connectivity index (χ0v) is 13.6. The van der Waals surface area contributed by atoms with Gasteiger partial charge in [-0.05, 0) is 51.6 Å². The first-order valence-corrected chi connectivity index (χ1v) is 8.18. The van der Waals surface area contributed by atoms with E-state index in [4.69, 9.17) is 4.74 Å². The van der Waals surface area contributed by atoms with Gasteiger partial charge in [-0.25, -0.2) is 0 Å². The van der Waals surface area contributed by atoms with Gasteiger partial charge in [0, 0.05) is 19.5 Å². The molecule has 2 saturated heterocycles. The Morgan fingerprint density at radius 3 is 2.90 bits per heavy atom. The molecule has 2 rings (SSSR count). The lowest BCUT2D eigenvalue weighted by Crippen LogP contribution is -2.55. The lowest BCUT2D eigenvalue weighted by atomic mass is 9.85. The summed E-state index contributed by atoms with van der Waals surface area (Å²) in [7, 11) is 0. The van der Waals surface area contributed by atoms with E-state index in [-0.39, 0.29) is 24.2 Å². The molecule has 3 atom stereocenters. The predicted molar refractivity (Wildman–Crippen MR) is 82.0 cm³/mol. The summed E-state index contributed by atoms with van der Waals surface area (Å²) >= 11 is 0. The number of carbonyl (C=O) groups excluding carboxylic acids is 1. The molecule has 1 amide bonds. The third-order valence-electron chi connectivity index (χ3n) is 4.67. The van der Waals surface area contributed by atoms with Crippen molar-refractivity contribution in [2.24, 2.45) is 11.8 Å². The van der Waals surface area contributed by atoms with E-state index in [1.165, 1.54) is 12.8 Å². The molecule has 0 saturated carbocycles. The molecule has 0 aromatic carbocycles. The van der Waals surface area contributed by atoms with Crippen molar-refractivity contribution in [3.05, 3.63) is 0 Å². The van der Waals surface area contributed by atoms with Gasteiger partial charge >= 0.3 is 0 Å². The number of hydrogen-bond acceptors (Lipinski definition) is 4. The second-order valence-electron chi connectivity index (χ2n) is 7.24. The molecular formula is C16H30N2O3. The largest absolute Gasteiger partial charge is 0.394 e. The Balaban J connectivity index is 1.89. The van der Waals surface area contributed by atoms with Gasteiger partial charge in [-0.3, -0.25) is 4.79 Å². The second-order valence-corrected chi connectivity index (χ2v) is 7.24. The topological polar surface area (TPSA) is 61.8 Å². The van der Waals surface area contributed by atoms with Crippen LogP contribution < -0.4 is 5.32 Å². The van der Waals surface area contributed by atoms with E-state index in [2.05, 4.69) is 12.2 Å². The van der Waals surface area contributed by atoms with E-state index >= 15 is 0 Å². The van der Waals surface area contributed by atoms with E-state index < -0.39 is 0 Å². The molecule has 0 radical (unpaired) electrons. The minimum atomic E-state index is -0.378. The number of amides is 1. The Hall–Kier alpha value is -0.650. The summed E-state index contributed by atoms with van der Waals surface area (Å²) in [4.78, 5) is 14.4. The van der Waals surface area contributed by atoms with E-state index in [1.807, 2.05) is 18.7 Å². The molecule has 122 valence electrons. The highest BCUT2D eigenvalue weighted by atomic mass is 16.5. The van der Waals surface area contributed by atoms with E-state index in [0.29, 0.717) is 31.3 Å². The normalized spacial score (nSPS) is 31.0. The second kappa shape index (κ2) is 7.07. The van der Waals surface area contributed by atoms with Crippen molar-refractivity contribution in [3.63, 3.8) is 0 Å². The highest BCUT2D eigenvalue weighted by molar-refractivity contribution is 5.76. The van der Waals surface area contributed by atoms with Crippen molar-refractivity contribution in [1.82, 2.24) is 10.2 Å². The molecule has 2 fully saturated rings. The first kappa shape index (κ1) is 16.7. The van der Waals surface area contributed by atoms with Crippen molar-refractivity contribution in [1.29, 1.82) is 0 Å². The van der Waals surface area contributed by atoms with Crippen molar-refractivity contribution in [2.75, 3.05) is 32.8 Å². The van der Waals surface area contributed by atoms with Crippen LogP contribution in [0.2, 0.25) is 0 Å². The monoisotopic (exact) mass is 298 g/mol. The average molecular weight is 298 g/mol. The fourth-order valence-electron chi connectivity index (χ4n) is 3.52. The number of piperidine rings is 1. The summed E-state index contributed by atoms with van der Waals surface area (Å²) in [5, 5.41) is 12.8. The summed E-state index contributed by atoms with van der Waals surface area (Å²) in [6.07, 6.45) is 2.76. The third kappa shape index (κ3) is 4.66. The maximum Gasteiger partial charge on any atom is 0.223 e. The number of rotatable bonds is 4. The number of hydrogen-bond donors (Lipinski definition) is 2. The van der Waals surface area contributed by atoms with Crippen LogP contribution in [0.1, 0.15) is 40.0 Å². The Morgan fingerprint density at radius 2 is 2.29 bits per heavy atom. The van der Waals surface area contributed by atoms with Crippen molar-refractivity contribution < 1.29 is 14.6 Å². The van der Waals surface area contributed by atoms with Crippen LogP contribution in [0, 0.1) is 11.8 Å². The van der Waals surface area contributed by atoms with Crippen molar-refractivity contribution in [3.8, 4) is 0 Å². The molecule has 5 heteroatoms. The molecule has 3 unspecified atom stereocenters. The highest BCUT2D eigenvalue weighted by Gasteiger charge is 2.36. The quantitative estimate of drug-likeness (QED) is 0.813. The molecule has 0 aromatic heterocycles. The third-order valence-corrected chi connectivity index (χ3v) is 4.67. The molecule has 2 heterocycles. The summed E-state index contributed by atoms with van der Waals surface area (Å²) in [5.41, 5.74) is -0.378. The summed E-state index contributed by atoms with van der Waals surface area (Å²) < 4.78 is 5.77. The summed E-state index contributed by atoms with van der Waals surface area (Å²) in [6, 6.07) is 0. The number of aliphatic hydroxyl groups excluding tert-OH is 1. The molecule has 0 aromatic rings. The summed E-state index contributed by atoms with van der Waals surface area (Å²) in [6.45, 7) is 9.36. The number of ether oxygens (including phenoxy) is 1. The molecule has 0 spiro atoms. The van der Waals surface area contributed by atoms with Crippen molar-refractivity contribution >= 4 is 5.91 Å². The fourth-order valence-corrected chi connectivity index (χ4v) is 3.52. The first-order valence-electron chi connectivity index (χ1n) is 8.18. The zero-order chi connectivity index (χ0) is 15.5. The Morgan fingerprint density at radius 1 is 1.52 bits per heavy atom. The minimum absolute atomic E-state index is 0.0324. The predicted octanol–water partition coefficient (Wildman–Crippen LogP) is 1.01. The maximum absolute atomic E-state index is 12.6. The molecule has 0 aliphatic carbocycles. The van der Waals surface area contributed by atoms with Crippen LogP contribution in [-0.4, -0.2) is 60.4 Å². The molecule has 21 heavy (non-hydrogen) atoms. The van der Waals surface area contributed by atoms with Gasteiger partial charge in [0.15, 0.2) is 0 Å². The first-order chi connectivity index (χ1) is 9.91. The van der Waals surface area contributed by atoms with Crippen LogP contribution >= 0.6 is 0 Å². The van der Waals surface area contributed by atoms with Gasteiger partial charge in [0.05, 0.1) is 18.3 Å². The number of aliphatic hydroxyl groups is 1. The molecule has 5 nitrogen and oxygen atoms in total. The van der Waals surface area contributed by atoms with Gasteiger partial charge < -0.3 is 20.1 Å². The van der Waals surface area contributed by atoms with Gasteiger partial charge in [-0.2, -0.15) is 0 Å². The maximum atomic E-state index is 12.6. The zero-order valence-electron chi connectivity index (χ0n) is 13.6. The molecule has 2 aliphatic rings. The average Bonchev–Trinajstić information content (AvgIpc) is 2.46. The Labute approximate surface area is 128 Å². The van der Waals surface area contributed by atoms with Crippen LogP contribution in [0.5, 0.6) is 0 Å². The SMILES string of the molecule is CC(CC(=O)N1CC(CO)OC(C)(C)C1)C1CCCNC1. The molecular weight excluding hydrogens is 268 g/mol. The highest BCUT2D eigenvalue weighted by Crippen LogP contribution is 2.26. The molecule has 0 bridgehead atoms. The number of nitrogens with one attached hydrogen (secondary N) is 1. The van der Waals surface area contributed by atoms with Crippen LogP contribution in [-0.2, 0) is 9.53 Å². The standard InChI is InChI=1S/C16H30N2O3/c1-12(13-5-4-6-17-8-13)7-15(20)18-9-14(10-19)21-16(2,3)11-18/h12-14,17,19H,4-11H2,1-3H3. The molecule has 2 aliphatic heterocycles. The lowest BCUT2D eigenvalue weighted by molar-refractivity contribution is -0.167. The number of nitrogens with zero attached hydrogens (tertiary/aromatic N) is 1. The van der Waals surface area contributed by atoms with Crippen LogP contribution in [0.4, 0.5) is 0 Å².